The van der Waals surface area contributed by atoms with E-state index in [2.05, 4.69) is 38.1 Å². The largest absolute Gasteiger partial charge is 0.481 e. The highest BCUT2D eigenvalue weighted by Crippen LogP contribution is 2.36. The van der Waals surface area contributed by atoms with Gasteiger partial charge >= 0.3 is 5.97 Å². The molecule has 0 bridgehead atoms. The minimum atomic E-state index is -0.745. The van der Waals surface area contributed by atoms with E-state index in [9.17, 15) is 4.79 Å². The number of aliphatic carboxylic acids is 1. The van der Waals surface area contributed by atoms with Crippen LogP contribution >= 0.6 is 0 Å². The van der Waals surface area contributed by atoms with Gasteiger partial charge in [0.2, 0.25) is 0 Å². The smallest absolute Gasteiger partial charge is 0.303 e. The average molecular weight is 280 g/mol. The molecule has 1 saturated heterocycles. The molecule has 1 N–H and O–H groups in total. The Kier molecular flexibility index (Phi) is 6.17. The normalized spacial score (nSPS) is 29.2. The van der Waals surface area contributed by atoms with Crippen LogP contribution < -0.4 is 0 Å². The first-order valence-electron chi connectivity index (χ1n) is 6.98. The molecule has 1 heterocycles. The van der Waals surface area contributed by atoms with Crippen molar-refractivity contribution in [2.75, 3.05) is 0 Å². The maximum atomic E-state index is 9.37. The molecule has 3 atom stereocenters. The van der Waals surface area contributed by atoms with Gasteiger partial charge in [-0.25, -0.2) is 0 Å². The predicted molar refractivity (Wildman–Crippen MR) is 77.4 cm³/mol. The molecular formula is C16H24O4. The summed E-state index contributed by atoms with van der Waals surface area (Å²) >= 11 is 0. The standard InChI is InChI=1S/C13H18O2.C3H6O2/c1-10-9-13(3,15-11(2)14-10)12-7-5-4-6-8-12;1-2-3(4)5/h4-8,10-11H,9H2,1-3H3;2H2,1H3,(H,4,5). The summed E-state index contributed by atoms with van der Waals surface area (Å²) in [7, 11) is 0. The van der Waals surface area contributed by atoms with Crippen LogP contribution in [0.2, 0.25) is 0 Å². The van der Waals surface area contributed by atoms with E-state index in [0.29, 0.717) is 0 Å². The summed E-state index contributed by atoms with van der Waals surface area (Å²) in [5.74, 6) is -0.745. The third kappa shape index (κ3) is 4.94. The molecule has 2 rings (SSSR count). The van der Waals surface area contributed by atoms with Crippen molar-refractivity contribution in [2.24, 2.45) is 0 Å². The summed E-state index contributed by atoms with van der Waals surface area (Å²) in [5, 5.41) is 7.72. The molecule has 0 aromatic heterocycles. The summed E-state index contributed by atoms with van der Waals surface area (Å²) in [4.78, 5) is 9.37. The Morgan fingerprint density at radius 1 is 1.35 bits per heavy atom. The van der Waals surface area contributed by atoms with E-state index in [1.54, 1.807) is 6.92 Å². The number of ether oxygens (including phenoxy) is 2. The fraction of sp³-hybridized carbons (Fsp3) is 0.562. The summed E-state index contributed by atoms with van der Waals surface area (Å²) < 4.78 is 11.5. The molecule has 1 aromatic carbocycles. The second kappa shape index (κ2) is 7.41. The number of carbonyl (C=O) groups is 1. The first-order valence-corrected chi connectivity index (χ1v) is 6.98. The quantitative estimate of drug-likeness (QED) is 0.900. The van der Waals surface area contributed by atoms with Gasteiger partial charge in [0, 0.05) is 12.8 Å². The maximum absolute atomic E-state index is 9.37. The van der Waals surface area contributed by atoms with Crippen LogP contribution in [0, 0.1) is 0 Å². The van der Waals surface area contributed by atoms with Crippen LogP contribution in [-0.2, 0) is 19.9 Å². The number of carboxylic acids is 1. The lowest BCUT2D eigenvalue weighted by Crippen LogP contribution is -2.41. The molecule has 1 aliphatic rings. The molecule has 0 aliphatic carbocycles. The second-order valence-electron chi connectivity index (χ2n) is 5.18. The van der Waals surface area contributed by atoms with Crippen LogP contribution in [0.4, 0.5) is 0 Å². The monoisotopic (exact) mass is 280 g/mol. The van der Waals surface area contributed by atoms with Gasteiger partial charge in [0.15, 0.2) is 6.29 Å². The number of hydrogen-bond donors (Lipinski definition) is 1. The fourth-order valence-electron chi connectivity index (χ4n) is 2.34. The van der Waals surface area contributed by atoms with Gasteiger partial charge in [-0.3, -0.25) is 4.79 Å². The second-order valence-corrected chi connectivity index (χ2v) is 5.18. The molecule has 3 unspecified atom stereocenters. The first-order chi connectivity index (χ1) is 9.37. The van der Waals surface area contributed by atoms with Crippen molar-refractivity contribution in [3.05, 3.63) is 35.9 Å². The Morgan fingerprint density at radius 3 is 2.35 bits per heavy atom. The molecule has 4 nitrogen and oxygen atoms in total. The van der Waals surface area contributed by atoms with Crippen LogP contribution in [0.5, 0.6) is 0 Å². The van der Waals surface area contributed by atoms with Crippen LogP contribution in [0.3, 0.4) is 0 Å². The van der Waals surface area contributed by atoms with Crippen LogP contribution in [-0.4, -0.2) is 23.5 Å². The Bertz CT molecular complexity index is 406. The Hall–Kier alpha value is -1.39. The molecule has 0 amide bonds. The highest BCUT2D eigenvalue weighted by atomic mass is 16.7. The molecular weight excluding hydrogens is 256 g/mol. The van der Waals surface area contributed by atoms with Crippen molar-refractivity contribution in [1.29, 1.82) is 0 Å². The summed E-state index contributed by atoms with van der Waals surface area (Å²) in [5.41, 5.74) is 1.02. The molecule has 1 fully saturated rings. The lowest BCUT2D eigenvalue weighted by Gasteiger charge is -2.41. The van der Waals surface area contributed by atoms with E-state index in [4.69, 9.17) is 14.6 Å². The van der Waals surface area contributed by atoms with Gasteiger partial charge in [0.1, 0.15) is 0 Å². The van der Waals surface area contributed by atoms with Crippen molar-refractivity contribution in [3.8, 4) is 0 Å². The minimum absolute atomic E-state index is 0.126. The fourth-order valence-corrected chi connectivity index (χ4v) is 2.34. The van der Waals surface area contributed by atoms with Gasteiger partial charge in [-0.1, -0.05) is 37.3 Å². The third-order valence-corrected chi connectivity index (χ3v) is 3.21. The van der Waals surface area contributed by atoms with Crippen molar-refractivity contribution >= 4 is 5.97 Å². The van der Waals surface area contributed by atoms with Gasteiger partial charge in [-0.2, -0.15) is 0 Å². The van der Waals surface area contributed by atoms with E-state index in [1.165, 1.54) is 5.56 Å². The van der Waals surface area contributed by atoms with Gasteiger partial charge in [-0.05, 0) is 26.3 Å². The highest BCUT2D eigenvalue weighted by Gasteiger charge is 2.36. The number of benzene rings is 1. The maximum Gasteiger partial charge on any atom is 0.303 e. The van der Waals surface area contributed by atoms with Gasteiger partial charge < -0.3 is 14.6 Å². The van der Waals surface area contributed by atoms with E-state index < -0.39 is 5.97 Å². The van der Waals surface area contributed by atoms with E-state index >= 15 is 0 Å². The van der Waals surface area contributed by atoms with Crippen molar-refractivity contribution < 1.29 is 19.4 Å². The summed E-state index contributed by atoms with van der Waals surface area (Å²) in [6.07, 6.45) is 1.25. The molecule has 4 heteroatoms. The van der Waals surface area contributed by atoms with Crippen LogP contribution in [0.25, 0.3) is 0 Å². The zero-order valence-corrected chi connectivity index (χ0v) is 12.6. The van der Waals surface area contributed by atoms with Crippen molar-refractivity contribution in [3.63, 3.8) is 0 Å². The molecule has 112 valence electrons. The number of carboxylic acid groups (broad SMARTS) is 1. The Balaban J connectivity index is 0.000000347. The van der Waals surface area contributed by atoms with Crippen molar-refractivity contribution in [2.45, 2.75) is 58.5 Å². The lowest BCUT2D eigenvalue weighted by molar-refractivity contribution is -0.270. The molecule has 0 spiro atoms. The topological polar surface area (TPSA) is 55.8 Å². The van der Waals surface area contributed by atoms with E-state index in [0.717, 1.165) is 6.42 Å². The Labute approximate surface area is 120 Å². The molecule has 1 aliphatic heterocycles. The molecule has 0 radical (unpaired) electrons. The van der Waals surface area contributed by atoms with E-state index in [1.807, 2.05) is 13.0 Å². The lowest BCUT2D eigenvalue weighted by atomic mass is 9.89. The third-order valence-electron chi connectivity index (χ3n) is 3.21. The van der Waals surface area contributed by atoms with Crippen molar-refractivity contribution in [1.82, 2.24) is 0 Å². The van der Waals surface area contributed by atoms with Gasteiger partial charge in [-0.15, -0.1) is 0 Å². The summed E-state index contributed by atoms with van der Waals surface area (Å²) in [6, 6.07) is 10.4. The minimum Gasteiger partial charge on any atom is -0.481 e. The highest BCUT2D eigenvalue weighted by molar-refractivity contribution is 5.66. The summed E-state index contributed by atoms with van der Waals surface area (Å²) in [6.45, 7) is 7.79. The van der Waals surface area contributed by atoms with Crippen LogP contribution in [0.15, 0.2) is 30.3 Å². The van der Waals surface area contributed by atoms with Gasteiger partial charge in [0.25, 0.3) is 0 Å². The van der Waals surface area contributed by atoms with Gasteiger partial charge in [0.05, 0.1) is 11.7 Å². The Morgan fingerprint density at radius 2 is 1.90 bits per heavy atom. The molecule has 1 aromatic rings. The van der Waals surface area contributed by atoms with E-state index in [-0.39, 0.29) is 24.4 Å². The predicted octanol–water partition coefficient (Wildman–Crippen LogP) is 3.55. The van der Waals surface area contributed by atoms with Crippen LogP contribution in [0.1, 0.15) is 46.1 Å². The molecule has 20 heavy (non-hydrogen) atoms. The zero-order chi connectivity index (χ0) is 15.2. The molecule has 0 saturated carbocycles. The average Bonchev–Trinajstić information content (AvgIpc) is 2.39. The number of hydrogen-bond acceptors (Lipinski definition) is 3. The number of rotatable bonds is 2. The first kappa shape index (κ1) is 16.7. The SMILES string of the molecule is CC1CC(C)(c2ccccc2)OC(C)O1.CCC(=O)O. The zero-order valence-electron chi connectivity index (χ0n) is 12.6.